The maximum Gasteiger partial charge on any atom is 0.318 e. The monoisotopic (exact) mass is 559 g/mol. The molecule has 14 heteroatoms. The van der Waals surface area contributed by atoms with Crippen molar-refractivity contribution in [3.05, 3.63) is 48.0 Å². The van der Waals surface area contributed by atoms with Gasteiger partial charge in [-0.1, -0.05) is 30.3 Å². The highest BCUT2D eigenvalue weighted by Gasteiger charge is 2.26. The quantitative estimate of drug-likeness (QED) is 0.118. The van der Waals surface area contributed by atoms with E-state index in [-0.39, 0.29) is 0 Å². The van der Waals surface area contributed by atoms with Crippen molar-refractivity contribution in [3.8, 4) is 0 Å². The van der Waals surface area contributed by atoms with E-state index in [1.54, 1.807) is 0 Å². The van der Waals surface area contributed by atoms with Crippen molar-refractivity contribution in [2.45, 2.75) is 38.8 Å². The number of primary amides is 1. The summed E-state index contributed by atoms with van der Waals surface area (Å²) < 4.78 is 5.19. The zero-order valence-corrected chi connectivity index (χ0v) is 22.7. The lowest BCUT2D eigenvalue weighted by Gasteiger charge is -2.28. The van der Waals surface area contributed by atoms with Crippen LogP contribution < -0.4 is 27.1 Å². The Morgan fingerprint density at radius 3 is 2.27 bits per heavy atom. The Morgan fingerprint density at radius 2 is 1.62 bits per heavy atom. The van der Waals surface area contributed by atoms with E-state index < -0.39 is 54.2 Å². The summed E-state index contributed by atoms with van der Waals surface area (Å²) in [6.07, 6.45) is 3.34. The first-order valence-corrected chi connectivity index (χ1v) is 12.9. The van der Waals surface area contributed by atoms with Crippen molar-refractivity contribution >= 4 is 35.6 Å². The maximum atomic E-state index is 12.6. The van der Waals surface area contributed by atoms with E-state index in [9.17, 15) is 28.8 Å². The smallest absolute Gasteiger partial charge is 0.318 e. The van der Waals surface area contributed by atoms with Gasteiger partial charge in [-0.15, -0.1) is 0 Å². The van der Waals surface area contributed by atoms with Crippen LogP contribution >= 0.6 is 0 Å². The minimum absolute atomic E-state index is 0.385. The Morgan fingerprint density at radius 1 is 0.975 bits per heavy atom. The van der Waals surface area contributed by atoms with Crippen LogP contribution in [-0.2, 0) is 35.1 Å². The number of hydrogen-bond donors (Lipinski definition) is 5. The van der Waals surface area contributed by atoms with Gasteiger partial charge < -0.3 is 31.3 Å². The van der Waals surface area contributed by atoms with Gasteiger partial charge in [-0.25, -0.2) is 9.80 Å². The molecule has 0 aromatic heterocycles. The highest BCUT2D eigenvalue weighted by Crippen LogP contribution is 2.02. The second kappa shape index (κ2) is 16.5. The molecule has 2 rings (SSSR count). The van der Waals surface area contributed by atoms with Crippen LogP contribution in [0.25, 0.3) is 0 Å². The Balaban J connectivity index is 1.81. The summed E-state index contributed by atoms with van der Waals surface area (Å²) in [7, 11) is 0. The first-order chi connectivity index (χ1) is 19.1. The zero-order chi connectivity index (χ0) is 29.5. The minimum Gasteiger partial charge on any atom is -0.378 e. The summed E-state index contributed by atoms with van der Waals surface area (Å²) in [4.78, 5) is 74.9. The second-order valence-corrected chi connectivity index (χ2v) is 9.08. The molecule has 218 valence electrons. The number of urea groups is 1. The van der Waals surface area contributed by atoms with Gasteiger partial charge in [-0.3, -0.25) is 29.4 Å². The minimum atomic E-state index is -1.14. The van der Waals surface area contributed by atoms with Gasteiger partial charge in [0.1, 0.15) is 18.6 Å². The molecular formula is C26H37N7O7. The predicted octanol–water partition coefficient (Wildman–Crippen LogP) is -1.43. The summed E-state index contributed by atoms with van der Waals surface area (Å²) in [6.45, 7) is 4.13. The van der Waals surface area contributed by atoms with E-state index in [0.717, 1.165) is 24.1 Å². The standard InChI is InChI=1S/C26H37N7O7/c1-18(30-26(39)32-13-15-40-16-14-32)24(37)29-19(2)25(38)31-33(17-21(27)34)23(36)11-10-22(35)28-12-6-9-20-7-4-3-5-8-20/h3-5,7-8,10-11,18-19H,6,9,12-17H2,1-2H3,(H2,27,34)(H,28,35)(H,29,37)(H,30,39)(H,31,38)/b11-10+/t18-,19-/m0/s1. The van der Waals surface area contributed by atoms with Crippen molar-refractivity contribution in [1.82, 2.24) is 31.3 Å². The van der Waals surface area contributed by atoms with Gasteiger partial charge in [0.2, 0.25) is 17.7 Å². The van der Waals surface area contributed by atoms with E-state index in [1.807, 2.05) is 30.3 Å². The van der Waals surface area contributed by atoms with Crippen molar-refractivity contribution in [2.75, 3.05) is 39.4 Å². The Labute approximate surface area is 232 Å². The first-order valence-electron chi connectivity index (χ1n) is 12.9. The number of carbonyl (C=O) groups is 6. The fourth-order valence-electron chi connectivity index (χ4n) is 3.52. The number of ether oxygens (including phenoxy) is 1. The van der Waals surface area contributed by atoms with Crippen LogP contribution in [0.1, 0.15) is 25.8 Å². The molecule has 7 amide bonds. The fourth-order valence-corrected chi connectivity index (χ4v) is 3.52. The SMILES string of the molecule is C[C@H](NC(=O)[C@H](C)NC(=O)N1CCOCC1)C(=O)NN(CC(N)=O)C(=O)/C=C/C(=O)NCCCc1ccccc1. The van der Waals surface area contributed by atoms with Crippen LogP contribution in [0.2, 0.25) is 0 Å². The fraction of sp³-hybridized carbons (Fsp3) is 0.462. The molecule has 1 saturated heterocycles. The topological polar surface area (TPSA) is 192 Å². The van der Waals surface area contributed by atoms with Crippen LogP contribution in [0.5, 0.6) is 0 Å². The van der Waals surface area contributed by atoms with Gasteiger partial charge in [0.25, 0.3) is 11.8 Å². The van der Waals surface area contributed by atoms with Gasteiger partial charge in [0, 0.05) is 31.8 Å². The van der Waals surface area contributed by atoms with Gasteiger partial charge >= 0.3 is 6.03 Å². The number of hydrazine groups is 1. The summed E-state index contributed by atoms with van der Waals surface area (Å²) in [5, 5.41) is 8.26. The third kappa shape index (κ3) is 11.5. The van der Waals surface area contributed by atoms with Crippen LogP contribution in [0, 0.1) is 0 Å². The number of nitrogens with one attached hydrogen (secondary N) is 4. The van der Waals surface area contributed by atoms with E-state index in [0.29, 0.717) is 44.3 Å². The van der Waals surface area contributed by atoms with Gasteiger partial charge in [0.15, 0.2) is 0 Å². The molecule has 1 aromatic carbocycles. The highest BCUT2D eigenvalue weighted by molar-refractivity contribution is 5.99. The lowest BCUT2D eigenvalue weighted by Crippen LogP contribution is -2.57. The molecule has 1 fully saturated rings. The zero-order valence-electron chi connectivity index (χ0n) is 22.7. The number of hydrogen-bond acceptors (Lipinski definition) is 7. The van der Waals surface area contributed by atoms with Crippen LogP contribution in [-0.4, -0.2) is 97.0 Å². The van der Waals surface area contributed by atoms with Gasteiger partial charge in [0.05, 0.1) is 13.2 Å². The summed E-state index contributed by atoms with van der Waals surface area (Å²) in [5.74, 6) is -3.78. The van der Waals surface area contributed by atoms with E-state index in [2.05, 4.69) is 21.4 Å². The molecule has 1 aliphatic rings. The number of nitrogens with two attached hydrogens (primary N) is 1. The molecule has 0 radical (unpaired) electrons. The molecule has 1 aliphatic heterocycles. The number of morpholine rings is 1. The highest BCUT2D eigenvalue weighted by atomic mass is 16.5. The Hall–Kier alpha value is -4.46. The van der Waals surface area contributed by atoms with Gasteiger partial charge in [-0.2, -0.15) is 0 Å². The number of rotatable bonds is 12. The van der Waals surface area contributed by atoms with E-state index in [4.69, 9.17) is 10.5 Å². The Bertz CT molecular complexity index is 1070. The normalized spacial score (nSPS) is 14.5. The molecule has 40 heavy (non-hydrogen) atoms. The maximum absolute atomic E-state index is 12.6. The largest absolute Gasteiger partial charge is 0.378 e. The summed E-state index contributed by atoms with van der Waals surface area (Å²) in [6, 6.07) is 7.22. The van der Waals surface area contributed by atoms with E-state index >= 15 is 0 Å². The molecule has 0 aliphatic carbocycles. The molecule has 14 nitrogen and oxygen atoms in total. The second-order valence-electron chi connectivity index (χ2n) is 9.08. The van der Waals surface area contributed by atoms with E-state index in [1.165, 1.54) is 18.7 Å². The molecule has 0 saturated carbocycles. The average molecular weight is 560 g/mol. The molecular weight excluding hydrogens is 522 g/mol. The lowest BCUT2D eigenvalue weighted by atomic mass is 10.1. The molecule has 0 spiro atoms. The third-order valence-corrected chi connectivity index (χ3v) is 5.77. The van der Waals surface area contributed by atoms with Crippen molar-refractivity contribution in [2.24, 2.45) is 5.73 Å². The van der Waals surface area contributed by atoms with Crippen LogP contribution in [0.15, 0.2) is 42.5 Å². The number of aryl methyl sites for hydroxylation is 1. The van der Waals surface area contributed by atoms with Crippen LogP contribution in [0.4, 0.5) is 4.79 Å². The molecule has 0 unspecified atom stereocenters. The lowest BCUT2D eigenvalue weighted by molar-refractivity contribution is -0.142. The molecule has 0 bridgehead atoms. The molecule has 6 N–H and O–H groups in total. The van der Waals surface area contributed by atoms with Gasteiger partial charge in [-0.05, 0) is 32.3 Å². The third-order valence-electron chi connectivity index (χ3n) is 5.77. The predicted molar refractivity (Wildman–Crippen MR) is 144 cm³/mol. The molecule has 2 atom stereocenters. The average Bonchev–Trinajstić information content (AvgIpc) is 2.94. The number of nitrogens with zero attached hydrogens (tertiary/aromatic N) is 2. The van der Waals surface area contributed by atoms with Crippen molar-refractivity contribution in [1.29, 1.82) is 0 Å². The van der Waals surface area contributed by atoms with Crippen LogP contribution in [0.3, 0.4) is 0 Å². The number of amides is 7. The molecule has 1 aromatic rings. The number of benzene rings is 1. The van der Waals surface area contributed by atoms with Crippen molar-refractivity contribution < 1.29 is 33.5 Å². The summed E-state index contributed by atoms with van der Waals surface area (Å²) >= 11 is 0. The first kappa shape index (κ1) is 31.8. The molecule has 1 heterocycles. The Kier molecular flexibility index (Phi) is 13.1. The van der Waals surface area contributed by atoms with Crippen molar-refractivity contribution in [3.63, 3.8) is 0 Å². The number of carbonyl (C=O) groups excluding carboxylic acids is 6. The summed E-state index contributed by atoms with van der Waals surface area (Å²) in [5.41, 5.74) is 8.54.